The van der Waals surface area contributed by atoms with E-state index < -0.39 is 5.97 Å². The van der Waals surface area contributed by atoms with Gasteiger partial charge in [0.05, 0.1) is 0 Å². The number of carboxylic acid groups (broad SMARTS) is 1. The number of aromatic carboxylic acids is 1. The second-order valence-corrected chi connectivity index (χ2v) is 5.70. The van der Waals surface area contributed by atoms with E-state index in [4.69, 9.17) is 16.0 Å². The maximum atomic E-state index is 11.3. The lowest BCUT2D eigenvalue weighted by molar-refractivity contribution is 0.0663. The molecule has 0 radical (unpaired) electrons. The van der Waals surface area contributed by atoms with E-state index in [1.165, 1.54) is 0 Å². The summed E-state index contributed by atoms with van der Waals surface area (Å²) in [5.41, 5.74) is 3.14. The molecule has 0 saturated heterocycles. The first-order valence-corrected chi connectivity index (χ1v) is 6.65. The molecule has 0 spiro atoms. The number of aryl methyl sites for hydroxylation is 2. The predicted molar refractivity (Wildman–Crippen MR) is 76.2 cm³/mol. The molecule has 2 rings (SSSR count). The number of hydrogen-bond donors (Lipinski definition) is 1. The van der Waals surface area contributed by atoms with E-state index in [-0.39, 0.29) is 5.76 Å². The van der Waals surface area contributed by atoms with E-state index in [0.717, 1.165) is 22.1 Å². The topological polar surface area (TPSA) is 50.4 Å². The van der Waals surface area contributed by atoms with Crippen LogP contribution in [0.5, 0.6) is 0 Å². The SMILES string of the molecule is Cc1cc2oc(C(=O)O)c(CC(C)C)c2c(C)c1Cl. The normalized spacial score (nSPS) is 11.5. The number of carboxylic acids is 1. The van der Waals surface area contributed by atoms with Crippen molar-refractivity contribution in [3.8, 4) is 0 Å². The fourth-order valence-corrected chi connectivity index (χ4v) is 2.59. The van der Waals surface area contributed by atoms with Gasteiger partial charge in [0.1, 0.15) is 5.58 Å². The summed E-state index contributed by atoms with van der Waals surface area (Å²) < 4.78 is 5.52. The molecule has 0 aliphatic carbocycles. The summed E-state index contributed by atoms with van der Waals surface area (Å²) in [5, 5.41) is 10.8. The maximum absolute atomic E-state index is 11.3. The monoisotopic (exact) mass is 280 g/mol. The second-order valence-electron chi connectivity index (χ2n) is 5.32. The molecular formula is C15H17ClO3. The van der Waals surface area contributed by atoms with Crippen LogP contribution in [0.3, 0.4) is 0 Å². The molecule has 1 N–H and O–H groups in total. The van der Waals surface area contributed by atoms with Gasteiger partial charge in [-0.2, -0.15) is 0 Å². The van der Waals surface area contributed by atoms with E-state index >= 15 is 0 Å². The minimum atomic E-state index is -1.03. The highest BCUT2D eigenvalue weighted by molar-refractivity contribution is 6.33. The van der Waals surface area contributed by atoms with Crippen LogP contribution in [0.15, 0.2) is 10.5 Å². The lowest BCUT2D eigenvalue weighted by Crippen LogP contribution is -2.02. The molecule has 0 unspecified atom stereocenters. The van der Waals surface area contributed by atoms with Crippen LogP contribution in [0.25, 0.3) is 11.0 Å². The molecule has 19 heavy (non-hydrogen) atoms. The molecular weight excluding hydrogens is 264 g/mol. The molecule has 0 bridgehead atoms. The third-order valence-electron chi connectivity index (χ3n) is 3.24. The van der Waals surface area contributed by atoms with E-state index in [9.17, 15) is 9.90 Å². The minimum Gasteiger partial charge on any atom is -0.475 e. The summed E-state index contributed by atoms with van der Waals surface area (Å²) in [5.74, 6) is -0.646. The van der Waals surface area contributed by atoms with Crippen LogP contribution < -0.4 is 0 Å². The Bertz CT molecular complexity index is 653. The van der Waals surface area contributed by atoms with E-state index in [0.29, 0.717) is 22.9 Å². The molecule has 4 heteroatoms. The van der Waals surface area contributed by atoms with Crippen LogP contribution in [0.1, 0.15) is 41.1 Å². The number of furan rings is 1. The molecule has 102 valence electrons. The zero-order valence-electron chi connectivity index (χ0n) is 11.5. The number of benzene rings is 1. The molecule has 2 aromatic rings. The summed E-state index contributed by atoms with van der Waals surface area (Å²) in [6.07, 6.45) is 0.662. The van der Waals surface area contributed by atoms with Crippen LogP contribution >= 0.6 is 11.6 Å². The zero-order valence-corrected chi connectivity index (χ0v) is 12.3. The second kappa shape index (κ2) is 4.89. The van der Waals surface area contributed by atoms with Crippen molar-refractivity contribution in [1.29, 1.82) is 0 Å². The number of carbonyl (C=O) groups is 1. The van der Waals surface area contributed by atoms with Crippen molar-refractivity contribution >= 4 is 28.5 Å². The Kier molecular flexibility index (Phi) is 3.59. The van der Waals surface area contributed by atoms with Crippen molar-refractivity contribution in [1.82, 2.24) is 0 Å². The van der Waals surface area contributed by atoms with Gasteiger partial charge in [-0.05, 0) is 43.4 Å². The zero-order chi connectivity index (χ0) is 14.3. The molecule has 3 nitrogen and oxygen atoms in total. The Morgan fingerprint density at radius 2 is 2.05 bits per heavy atom. The highest BCUT2D eigenvalue weighted by atomic mass is 35.5. The van der Waals surface area contributed by atoms with Gasteiger partial charge in [0.25, 0.3) is 0 Å². The number of halogens is 1. The van der Waals surface area contributed by atoms with Gasteiger partial charge in [-0.3, -0.25) is 0 Å². The lowest BCUT2D eigenvalue weighted by atomic mass is 9.96. The first-order chi connectivity index (χ1) is 8.82. The van der Waals surface area contributed by atoms with Crippen LogP contribution in [0.4, 0.5) is 0 Å². The summed E-state index contributed by atoms with van der Waals surface area (Å²) in [4.78, 5) is 11.3. The largest absolute Gasteiger partial charge is 0.475 e. The third kappa shape index (κ3) is 2.35. The first kappa shape index (κ1) is 13.9. The molecule has 0 amide bonds. The average Bonchev–Trinajstić information content (AvgIpc) is 2.64. The molecule has 1 aromatic carbocycles. The Balaban J connectivity index is 2.83. The third-order valence-corrected chi connectivity index (χ3v) is 3.82. The van der Waals surface area contributed by atoms with Crippen LogP contribution in [0, 0.1) is 19.8 Å². The van der Waals surface area contributed by atoms with Gasteiger partial charge < -0.3 is 9.52 Å². The first-order valence-electron chi connectivity index (χ1n) is 6.27. The van der Waals surface area contributed by atoms with Crippen molar-refractivity contribution in [3.05, 3.63) is 33.5 Å². The van der Waals surface area contributed by atoms with Crippen LogP contribution in [-0.2, 0) is 6.42 Å². The van der Waals surface area contributed by atoms with Crippen molar-refractivity contribution in [3.63, 3.8) is 0 Å². The Hall–Kier alpha value is -1.48. The van der Waals surface area contributed by atoms with Crippen molar-refractivity contribution in [2.24, 2.45) is 5.92 Å². The van der Waals surface area contributed by atoms with Crippen molar-refractivity contribution in [2.75, 3.05) is 0 Å². The Morgan fingerprint density at radius 3 is 2.58 bits per heavy atom. The molecule has 0 fully saturated rings. The average molecular weight is 281 g/mol. The molecule has 0 saturated carbocycles. The molecule has 1 aromatic heterocycles. The van der Waals surface area contributed by atoms with Gasteiger partial charge in [0, 0.05) is 16.0 Å². The van der Waals surface area contributed by atoms with Gasteiger partial charge in [-0.25, -0.2) is 4.79 Å². The maximum Gasteiger partial charge on any atom is 0.372 e. The molecule has 0 aliphatic rings. The minimum absolute atomic E-state index is 0.0356. The molecule has 0 atom stereocenters. The number of hydrogen-bond acceptors (Lipinski definition) is 2. The predicted octanol–water partition coefficient (Wildman–Crippen LogP) is 4.60. The van der Waals surface area contributed by atoms with E-state index in [1.807, 2.05) is 13.8 Å². The summed E-state index contributed by atoms with van der Waals surface area (Å²) in [6, 6.07) is 1.81. The fraction of sp³-hybridized carbons (Fsp3) is 0.400. The van der Waals surface area contributed by atoms with Crippen molar-refractivity contribution in [2.45, 2.75) is 34.1 Å². The quantitative estimate of drug-likeness (QED) is 0.894. The van der Waals surface area contributed by atoms with Gasteiger partial charge in [-0.15, -0.1) is 0 Å². The van der Waals surface area contributed by atoms with Crippen LogP contribution in [0.2, 0.25) is 5.02 Å². The Morgan fingerprint density at radius 1 is 1.42 bits per heavy atom. The van der Waals surface area contributed by atoms with Gasteiger partial charge in [0.2, 0.25) is 5.76 Å². The summed E-state index contributed by atoms with van der Waals surface area (Å²) in [7, 11) is 0. The highest BCUT2D eigenvalue weighted by Gasteiger charge is 2.23. The molecule has 1 heterocycles. The standard InChI is InChI=1S/C15H17ClO3/c1-7(2)5-10-12-9(4)13(16)8(3)6-11(12)19-14(10)15(17)18/h6-7H,5H2,1-4H3,(H,17,18). The van der Waals surface area contributed by atoms with Gasteiger partial charge in [0.15, 0.2) is 0 Å². The molecule has 0 aliphatic heterocycles. The van der Waals surface area contributed by atoms with E-state index in [2.05, 4.69) is 13.8 Å². The number of fused-ring (bicyclic) bond motifs is 1. The van der Waals surface area contributed by atoms with E-state index in [1.54, 1.807) is 6.07 Å². The van der Waals surface area contributed by atoms with Gasteiger partial charge >= 0.3 is 5.97 Å². The fourth-order valence-electron chi connectivity index (χ4n) is 2.44. The Labute approximate surface area is 117 Å². The summed E-state index contributed by atoms with van der Waals surface area (Å²) >= 11 is 6.26. The van der Waals surface area contributed by atoms with Crippen LogP contribution in [-0.4, -0.2) is 11.1 Å². The lowest BCUT2D eigenvalue weighted by Gasteiger charge is -2.07. The number of rotatable bonds is 3. The van der Waals surface area contributed by atoms with Gasteiger partial charge in [-0.1, -0.05) is 25.4 Å². The smallest absolute Gasteiger partial charge is 0.372 e. The summed E-state index contributed by atoms with van der Waals surface area (Å²) in [6.45, 7) is 7.90. The highest BCUT2D eigenvalue weighted by Crippen LogP contribution is 2.36. The van der Waals surface area contributed by atoms with Crippen molar-refractivity contribution < 1.29 is 14.3 Å².